The lowest BCUT2D eigenvalue weighted by atomic mass is 10.0. The Morgan fingerprint density at radius 2 is 2.20 bits per heavy atom. The molecule has 0 bridgehead atoms. The average molecular weight is 344 g/mol. The summed E-state index contributed by atoms with van der Waals surface area (Å²) in [5.74, 6) is 0.189. The summed E-state index contributed by atoms with van der Waals surface area (Å²) in [6.45, 7) is 3.11. The van der Waals surface area contributed by atoms with Crippen LogP contribution in [0.15, 0.2) is 24.5 Å². The second-order valence-electron chi connectivity index (χ2n) is 7.18. The first-order valence-electron chi connectivity index (χ1n) is 8.91. The molecule has 25 heavy (non-hydrogen) atoms. The minimum Gasteiger partial charge on any atom is -0.353 e. The van der Waals surface area contributed by atoms with Gasteiger partial charge in [-0.3, -0.25) is 19.5 Å². The minimum atomic E-state index is -0.561. The van der Waals surface area contributed by atoms with Crippen molar-refractivity contribution in [3.63, 3.8) is 0 Å². The van der Waals surface area contributed by atoms with E-state index in [1.54, 1.807) is 12.4 Å². The van der Waals surface area contributed by atoms with E-state index in [0.717, 1.165) is 24.9 Å². The molecule has 1 spiro atoms. The zero-order chi connectivity index (χ0) is 17.4. The van der Waals surface area contributed by atoms with Gasteiger partial charge < -0.3 is 14.5 Å². The first-order chi connectivity index (χ1) is 12.1. The van der Waals surface area contributed by atoms with Crippen LogP contribution in [0.1, 0.15) is 24.8 Å². The number of likely N-dealkylation sites (tertiary alicyclic amines) is 1. The van der Waals surface area contributed by atoms with Crippen LogP contribution in [0, 0.1) is 0 Å². The number of likely N-dealkylation sites (N-methyl/N-ethyl adjacent to an activating group) is 1. The summed E-state index contributed by atoms with van der Waals surface area (Å²) in [5, 5.41) is 0. The van der Waals surface area contributed by atoms with Crippen molar-refractivity contribution in [1.82, 2.24) is 19.7 Å². The molecule has 0 aromatic carbocycles. The molecule has 3 saturated heterocycles. The SMILES string of the molecule is CN(CC(=O)N1CC[C@@]23OCCCN2C(=O)C[C@@H]13)Cc1ccncc1. The number of pyridine rings is 1. The van der Waals surface area contributed by atoms with Crippen molar-refractivity contribution in [2.45, 2.75) is 37.6 Å². The van der Waals surface area contributed by atoms with Crippen LogP contribution >= 0.6 is 0 Å². The zero-order valence-electron chi connectivity index (χ0n) is 14.6. The van der Waals surface area contributed by atoms with Crippen LogP contribution < -0.4 is 0 Å². The van der Waals surface area contributed by atoms with Gasteiger partial charge in [0.05, 0.1) is 25.6 Å². The second-order valence-corrected chi connectivity index (χ2v) is 7.18. The standard InChI is InChI=1S/C18H24N4O3/c1-20(12-14-3-6-19-7-4-14)13-17(24)21-9-5-18-15(21)11-16(23)22(18)8-2-10-25-18/h3-4,6-7,15H,2,5,8-13H2,1H3/t15-,18+/m1/s1. The molecule has 3 aliphatic rings. The van der Waals surface area contributed by atoms with Gasteiger partial charge in [-0.2, -0.15) is 0 Å². The normalized spacial score (nSPS) is 28.4. The lowest BCUT2D eigenvalue weighted by molar-refractivity contribution is -0.181. The third kappa shape index (κ3) is 2.81. The van der Waals surface area contributed by atoms with E-state index in [0.29, 0.717) is 32.7 Å². The number of carbonyl (C=O) groups excluding carboxylic acids is 2. The van der Waals surface area contributed by atoms with Gasteiger partial charge in [-0.05, 0) is 31.2 Å². The summed E-state index contributed by atoms with van der Waals surface area (Å²) in [5.41, 5.74) is 0.565. The van der Waals surface area contributed by atoms with Crippen molar-refractivity contribution in [1.29, 1.82) is 0 Å². The number of hydrogen-bond acceptors (Lipinski definition) is 5. The number of amides is 2. The maximum Gasteiger partial charge on any atom is 0.237 e. The third-order valence-corrected chi connectivity index (χ3v) is 5.54. The molecule has 0 N–H and O–H groups in total. The van der Waals surface area contributed by atoms with E-state index >= 15 is 0 Å². The Balaban J connectivity index is 1.42. The summed E-state index contributed by atoms with van der Waals surface area (Å²) in [4.78, 5) is 34.9. The Kier molecular flexibility index (Phi) is 4.21. The first-order valence-corrected chi connectivity index (χ1v) is 8.91. The molecule has 3 fully saturated rings. The largest absolute Gasteiger partial charge is 0.353 e. The number of nitrogens with zero attached hydrogens (tertiary/aromatic N) is 4. The van der Waals surface area contributed by atoms with E-state index in [1.165, 1.54) is 0 Å². The minimum absolute atomic E-state index is 0.0715. The van der Waals surface area contributed by atoms with Gasteiger partial charge in [0, 0.05) is 38.4 Å². The van der Waals surface area contributed by atoms with Crippen LogP contribution in [0.4, 0.5) is 0 Å². The molecule has 1 aromatic rings. The lowest BCUT2D eigenvalue weighted by Gasteiger charge is -2.42. The highest BCUT2D eigenvalue weighted by Crippen LogP contribution is 2.44. The summed E-state index contributed by atoms with van der Waals surface area (Å²) in [6.07, 6.45) is 5.51. The zero-order valence-corrected chi connectivity index (χ0v) is 14.6. The van der Waals surface area contributed by atoms with Gasteiger partial charge >= 0.3 is 0 Å². The molecule has 134 valence electrons. The number of carbonyl (C=O) groups is 2. The van der Waals surface area contributed by atoms with Gasteiger partial charge in [-0.15, -0.1) is 0 Å². The monoisotopic (exact) mass is 344 g/mol. The Morgan fingerprint density at radius 1 is 1.40 bits per heavy atom. The topological polar surface area (TPSA) is 66.0 Å². The van der Waals surface area contributed by atoms with Gasteiger partial charge in [0.15, 0.2) is 5.72 Å². The predicted octanol–water partition coefficient (Wildman–Crippen LogP) is 0.463. The van der Waals surface area contributed by atoms with Crippen LogP contribution in [0.25, 0.3) is 0 Å². The highest BCUT2D eigenvalue weighted by Gasteiger charge is 2.61. The molecule has 0 aliphatic carbocycles. The van der Waals surface area contributed by atoms with Crippen molar-refractivity contribution < 1.29 is 14.3 Å². The summed E-state index contributed by atoms with van der Waals surface area (Å²) in [6, 6.07) is 3.77. The van der Waals surface area contributed by atoms with E-state index < -0.39 is 5.72 Å². The van der Waals surface area contributed by atoms with Crippen LogP contribution in [-0.2, 0) is 20.9 Å². The predicted molar refractivity (Wildman–Crippen MR) is 90.3 cm³/mol. The smallest absolute Gasteiger partial charge is 0.237 e. The molecule has 4 heterocycles. The summed E-state index contributed by atoms with van der Waals surface area (Å²) < 4.78 is 6.06. The first kappa shape index (κ1) is 16.5. The van der Waals surface area contributed by atoms with Gasteiger partial charge in [-0.1, -0.05) is 0 Å². The Hall–Kier alpha value is -1.99. The van der Waals surface area contributed by atoms with E-state index in [2.05, 4.69) is 4.98 Å². The van der Waals surface area contributed by atoms with Crippen molar-refractivity contribution in [3.05, 3.63) is 30.1 Å². The molecule has 0 radical (unpaired) electrons. The second kappa shape index (κ2) is 6.38. The van der Waals surface area contributed by atoms with Gasteiger partial charge in [0.1, 0.15) is 0 Å². The average Bonchev–Trinajstić information content (AvgIpc) is 3.08. The Bertz CT molecular complexity index is 668. The fourth-order valence-electron chi connectivity index (χ4n) is 4.43. The van der Waals surface area contributed by atoms with Gasteiger partial charge in [0.25, 0.3) is 0 Å². The molecule has 0 unspecified atom stereocenters. The van der Waals surface area contributed by atoms with Crippen molar-refractivity contribution in [2.75, 3.05) is 33.3 Å². The van der Waals surface area contributed by atoms with Crippen molar-refractivity contribution >= 4 is 11.8 Å². The summed E-state index contributed by atoms with van der Waals surface area (Å²) in [7, 11) is 1.94. The van der Waals surface area contributed by atoms with Crippen LogP contribution in [0.5, 0.6) is 0 Å². The third-order valence-electron chi connectivity index (χ3n) is 5.54. The Morgan fingerprint density at radius 3 is 3.00 bits per heavy atom. The molecule has 2 amide bonds. The van der Waals surface area contributed by atoms with Crippen molar-refractivity contribution in [3.8, 4) is 0 Å². The van der Waals surface area contributed by atoms with Gasteiger partial charge in [0.2, 0.25) is 11.8 Å². The molecular formula is C18H24N4O3. The fourth-order valence-corrected chi connectivity index (χ4v) is 4.43. The van der Waals surface area contributed by atoms with Crippen LogP contribution in [0.3, 0.4) is 0 Å². The molecule has 2 atom stereocenters. The lowest BCUT2D eigenvalue weighted by Crippen LogP contribution is -2.57. The number of ether oxygens (including phenoxy) is 1. The number of hydrogen-bond donors (Lipinski definition) is 0. The number of aromatic nitrogens is 1. The maximum atomic E-state index is 12.9. The van der Waals surface area contributed by atoms with E-state index in [4.69, 9.17) is 4.74 Å². The van der Waals surface area contributed by atoms with Crippen LogP contribution in [0.2, 0.25) is 0 Å². The van der Waals surface area contributed by atoms with E-state index in [1.807, 2.05) is 33.9 Å². The Labute approximate surface area is 147 Å². The molecular weight excluding hydrogens is 320 g/mol. The molecule has 1 aromatic heterocycles. The van der Waals surface area contributed by atoms with Crippen LogP contribution in [-0.4, -0.2) is 76.6 Å². The molecule has 3 aliphatic heterocycles. The maximum absolute atomic E-state index is 12.9. The summed E-state index contributed by atoms with van der Waals surface area (Å²) >= 11 is 0. The van der Waals surface area contributed by atoms with Gasteiger partial charge in [-0.25, -0.2) is 0 Å². The van der Waals surface area contributed by atoms with E-state index in [9.17, 15) is 9.59 Å². The molecule has 7 nitrogen and oxygen atoms in total. The quantitative estimate of drug-likeness (QED) is 0.794. The molecule has 7 heteroatoms. The van der Waals surface area contributed by atoms with Crippen molar-refractivity contribution in [2.24, 2.45) is 0 Å². The highest BCUT2D eigenvalue weighted by molar-refractivity contribution is 5.85. The number of rotatable bonds is 4. The highest BCUT2D eigenvalue weighted by atomic mass is 16.5. The molecule has 4 rings (SSSR count). The fraction of sp³-hybridized carbons (Fsp3) is 0.611. The van der Waals surface area contributed by atoms with E-state index in [-0.39, 0.29) is 17.9 Å². The molecule has 0 saturated carbocycles.